The van der Waals surface area contributed by atoms with Gasteiger partial charge in [0.05, 0.1) is 5.02 Å². The molecule has 3 heteroatoms. The molecule has 16 heavy (non-hydrogen) atoms. The standard InChI is InChI=1S/C13H19ClO2/c1-9(8-15)10-6-5-7-11(12(10)14)16-13(2,3)4/h5-7,9,15H,8H2,1-4H3. The predicted molar refractivity (Wildman–Crippen MR) is 67.3 cm³/mol. The summed E-state index contributed by atoms with van der Waals surface area (Å²) >= 11 is 6.25. The zero-order valence-electron chi connectivity index (χ0n) is 10.2. The van der Waals surface area contributed by atoms with E-state index in [1.165, 1.54) is 0 Å². The van der Waals surface area contributed by atoms with Gasteiger partial charge in [0, 0.05) is 12.5 Å². The van der Waals surface area contributed by atoms with Crippen molar-refractivity contribution in [2.75, 3.05) is 6.61 Å². The maximum absolute atomic E-state index is 9.14. The minimum Gasteiger partial charge on any atom is -0.487 e. The van der Waals surface area contributed by atoms with Crippen LogP contribution in [0.1, 0.15) is 39.2 Å². The summed E-state index contributed by atoms with van der Waals surface area (Å²) in [5.41, 5.74) is 0.649. The number of aliphatic hydroxyl groups excluding tert-OH is 1. The van der Waals surface area contributed by atoms with E-state index < -0.39 is 0 Å². The molecule has 1 unspecified atom stereocenters. The Morgan fingerprint density at radius 2 is 2.00 bits per heavy atom. The summed E-state index contributed by atoms with van der Waals surface area (Å²) in [5, 5.41) is 9.73. The minimum absolute atomic E-state index is 0.0241. The van der Waals surface area contributed by atoms with Gasteiger partial charge in [-0.3, -0.25) is 0 Å². The maximum atomic E-state index is 9.14. The van der Waals surface area contributed by atoms with Crippen LogP contribution in [0.2, 0.25) is 5.02 Å². The lowest BCUT2D eigenvalue weighted by molar-refractivity contribution is 0.131. The minimum atomic E-state index is -0.273. The molecule has 1 rings (SSSR count). The van der Waals surface area contributed by atoms with E-state index >= 15 is 0 Å². The van der Waals surface area contributed by atoms with Gasteiger partial charge in [0.2, 0.25) is 0 Å². The SMILES string of the molecule is CC(CO)c1cccc(OC(C)(C)C)c1Cl. The molecule has 0 aromatic heterocycles. The van der Waals surface area contributed by atoms with E-state index in [0.717, 1.165) is 5.56 Å². The number of hydrogen-bond donors (Lipinski definition) is 1. The summed E-state index contributed by atoms with van der Waals surface area (Å²) < 4.78 is 5.75. The van der Waals surface area contributed by atoms with Crippen LogP contribution in [0.4, 0.5) is 0 Å². The quantitative estimate of drug-likeness (QED) is 0.878. The fourth-order valence-electron chi connectivity index (χ4n) is 1.42. The highest BCUT2D eigenvalue weighted by molar-refractivity contribution is 6.32. The van der Waals surface area contributed by atoms with E-state index in [4.69, 9.17) is 21.4 Å². The van der Waals surface area contributed by atoms with Crippen LogP contribution in [0.5, 0.6) is 5.75 Å². The van der Waals surface area contributed by atoms with Gasteiger partial charge < -0.3 is 9.84 Å². The van der Waals surface area contributed by atoms with Crippen LogP contribution in [-0.4, -0.2) is 17.3 Å². The molecule has 0 heterocycles. The zero-order valence-corrected chi connectivity index (χ0v) is 11.0. The van der Waals surface area contributed by atoms with Gasteiger partial charge in [0.25, 0.3) is 0 Å². The van der Waals surface area contributed by atoms with Crippen molar-refractivity contribution in [1.29, 1.82) is 0 Å². The molecule has 1 aromatic carbocycles. The lowest BCUT2D eigenvalue weighted by atomic mass is 10.0. The first-order valence-corrected chi connectivity index (χ1v) is 5.81. The molecule has 90 valence electrons. The van der Waals surface area contributed by atoms with Crippen LogP contribution in [0.3, 0.4) is 0 Å². The Balaban J connectivity index is 3.04. The van der Waals surface area contributed by atoms with Crippen molar-refractivity contribution in [2.45, 2.75) is 39.2 Å². The first-order valence-electron chi connectivity index (χ1n) is 5.43. The highest BCUT2D eigenvalue weighted by Crippen LogP contribution is 2.34. The molecule has 0 radical (unpaired) electrons. The molecule has 0 saturated heterocycles. The molecule has 1 N–H and O–H groups in total. The topological polar surface area (TPSA) is 29.5 Å². The van der Waals surface area contributed by atoms with E-state index in [-0.39, 0.29) is 18.1 Å². The third-order valence-corrected chi connectivity index (χ3v) is 2.62. The van der Waals surface area contributed by atoms with Crippen molar-refractivity contribution in [2.24, 2.45) is 0 Å². The van der Waals surface area contributed by atoms with Crippen molar-refractivity contribution >= 4 is 11.6 Å². The van der Waals surface area contributed by atoms with Crippen molar-refractivity contribution in [3.05, 3.63) is 28.8 Å². The van der Waals surface area contributed by atoms with Gasteiger partial charge >= 0.3 is 0 Å². The Labute approximate surface area is 102 Å². The van der Waals surface area contributed by atoms with Crippen LogP contribution < -0.4 is 4.74 Å². The molecule has 0 saturated carbocycles. The van der Waals surface area contributed by atoms with E-state index in [9.17, 15) is 0 Å². The smallest absolute Gasteiger partial charge is 0.138 e. The van der Waals surface area contributed by atoms with E-state index in [1.807, 2.05) is 45.9 Å². The van der Waals surface area contributed by atoms with Gasteiger partial charge in [-0.15, -0.1) is 0 Å². The highest BCUT2D eigenvalue weighted by atomic mass is 35.5. The Kier molecular flexibility index (Phi) is 4.22. The Morgan fingerprint density at radius 3 is 2.50 bits per heavy atom. The first kappa shape index (κ1) is 13.3. The lowest BCUT2D eigenvalue weighted by Crippen LogP contribution is -2.23. The molecule has 0 amide bonds. The third-order valence-electron chi connectivity index (χ3n) is 2.21. The molecule has 1 atom stereocenters. The number of halogens is 1. The molecule has 2 nitrogen and oxygen atoms in total. The van der Waals surface area contributed by atoms with Gasteiger partial charge in [-0.05, 0) is 32.4 Å². The molecule has 0 aliphatic heterocycles. The van der Waals surface area contributed by atoms with E-state index in [1.54, 1.807) is 0 Å². The van der Waals surface area contributed by atoms with Crippen LogP contribution in [0.15, 0.2) is 18.2 Å². The van der Waals surface area contributed by atoms with E-state index in [0.29, 0.717) is 10.8 Å². The van der Waals surface area contributed by atoms with Crippen LogP contribution in [0.25, 0.3) is 0 Å². The average molecular weight is 243 g/mol. The summed E-state index contributed by atoms with van der Waals surface area (Å²) in [4.78, 5) is 0. The van der Waals surface area contributed by atoms with Crippen LogP contribution in [-0.2, 0) is 0 Å². The summed E-state index contributed by atoms with van der Waals surface area (Å²) in [7, 11) is 0. The number of hydrogen-bond acceptors (Lipinski definition) is 2. The summed E-state index contributed by atoms with van der Waals surface area (Å²) in [6.45, 7) is 7.95. The Bertz CT molecular complexity index is 355. The molecule has 0 spiro atoms. The second-order valence-electron chi connectivity index (χ2n) is 4.96. The number of rotatable bonds is 3. The summed E-state index contributed by atoms with van der Waals surface area (Å²) in [6, 6.07) is 5.66. The lowest BCUT2D eigenvalue weighted by Gasteiger charge is -2.23. The molecule has 0 aliphatic rings. The first-order chi connectivity index (χ1) is 7.35. The molecular weight excluding hydrogens is 224 g/mol. The van der Waals surface area contributed by atoms with Crippen LogP contribution in [0, 0.1) is 0 Å². The van der Waals surface area contributed by atoms with Crippen molar-refractivity contribution in [1.82, 2.24) is 0 Å². The van der Waals surface area contributed by atoms with Gasteiger partial charge in [-0.1, -0.05) is 30.7 Å². The van der Waals surface area contributed by atoms with Crippen LogP contribution >= 0.6 is 11.6 Å². The van der Waals surface area contributed by atoms with Gasteiger partial charge in [0.15, 0.2) is 0 Å². The second kappa shape index (κ2) is 5.07. The van der Waals surface area contributed by atoms with Gasteiger partial charge in [-0.25, -0.2) is 0 Å². The second-order valence-corrected chi connectivity index (χ2v) is 5.34. The van der Waals surface area contributed by atoms with E-state index in [2.05, 4.69) is 0 Å². The number of ether oxygens (including phenoxy) is 1. The molecule has 0 bridgehead atoms. The highest BCUT2D eigenvalue weighted by Gasteiger charge is 2.17. The van der Waals surface area contributed by atoms with Crippen molar-refractivity contribution in [3.8, 4) is 5.75 Å². The summed E-state index contributed by atoms with van der Waals surface area (Å²) in [6.07, 6.45) is 0. The Hall–Kier alpha value is -0.730. The number of aliphatic hydroxyl groups is 1. The molecule has 0 fully saturated rings. The summed E-state index contributed by atoms with van der Waals surface area (Å²) in [5.74, 6) is 0.697. The molecule has 1 aromatic rings. The molecule has 0 aliphatic carbocycles. The third kappa shape index (κ3) is 3.39. The maximum Gasteiger partial charge on any atom is 0.138 e. The number of benzene rings is 1. The van der Waals surface area contributed by atoms with Gasteiger partial charge in [-0.2, -0.15) is 0 Å². The zero-order chi connectivity index (χ0) is 12.3. The van der Waals surface area contributed by atoms with Crippen molar-refractivity contribution in [3.63, 3.8) is 0 Å². The monoisotopic (exact) mass is 242 g/mol. The fourth-order valence-corrected chi connectivity index (χ4v) is 1.77. The Morgan fingerprint density at radius 1 is 1.38 bits per heavy atom. The fraction of sp³-hybridized carbons (Fsp3) is 0.538. The molecular formula is C13H19ClO2. The predicted octanol–water partition coefficient (Wildman–Crippen LogP) is 3.61. The largest absolute Gasteiger partial charge is 0.487 e. The normalized spacial score (nSPS) is 13.6. The van der Waals surface area contributed by atoms with Crippen molar-refractivity contribution < 1.29 is 9.84 Å². The average Bonchev–Trinajstić information content (AvgIpc) is 2.18. The van der Waals surface area contributed by atoms with Gasteiger partial charge in [0.1, 0.15) is 11.4 Å².